The molecule has 3 amide bonds. The van der Waals surface area contributed by atoms with Crippen molar-refractivity contribution in [1.29, 1.82) is 0 Å². The standard InChI is InChI=1S/C23H23N5O3S2/c1-13-4-5-14(2)19(10-13)28-21(30)9-7-17(27-28)22(31)26-23-25-18(12-32-23)20-8-6-16(33-20)11-24-15(3)29/h4-6,8,10,12H,7,9,11H2,1-3H3,(H,24,29)(H,25,26,31). The molecule has 2 aromatic heterocycles. The lowest BCUT2D eigenvalue weighted by Gasteiger charge is -2.24. The number of nitrogens with one attached hydrogen (secondary N) is 2. The van der Waals surface area contributed by atoms with Gasteiger partial charge in [0, 0.05) is 30.0 Å². The lowest BCUT2D eigenvalue weighted by molar-refractivity contribution is -0.119. The highest BCUT2D eigenvalue weighted by Gasteiger charge is 2.27. The summed E-state index contributed by atoms with van der Waals surface area (Å²) in [6, 6.07) is 9.70. The first-order valence-electron chi connectivity index (χ1n) is 10.4. The number of carbonyl (C=O) groups excluding carboxylic acids is 3. The van der Waals surface area contributed by atoms with Gasteiger partial charge in [-0.1, -0.05) is 12.1 Å². The molecular formula is C23H23N5O3S2. The van der Waals surface area contributed by atoms with Crippen LogP contribution in [0.25, 0.3) is 10.6 Å². The number of rotatable bonds is 6. The number of hydrazone groups is 1. The van der Waals surface area contributed by atoms with Gasteiger partial charge in [-0.2, -0.15) is 5.10 Å². The van der Waals surface area contributed by atoms with E-state index in [-0.39, 0.29) is 30.6 Å². The van der Waals surface area contributed by atoms with Gasteiger partial charge in [-0.25, -0.2) is 9.99 Å². The minimum absolute atomic E-state index is 0.0768. The van der Waals surface area contributed by atoms with Crippen LogP contribution in [0.2, 0.25) is 0 Å². The zero-order valence-corrected chi connectivity index (χ0v) is 20.1. The third-order valence-corrected chi connectivity index (χ3v) is 6.90. The second-order valence-corrected chi connectivity index (χ2v) is 9.74. The number of benzene rings is 1. The molecule has 33 heavy (non-hydrogen) atoms. The van der Waals surface area contributed by atoms with Gasteiger partial charge in [-0.05, 0) is 43.2 Å². The second-order valence-electron chi connectivity index (χ2n) is 7.71. The molecule has 1 aliphatic heterocycles. The third kappa shape index (κ3) is 5.35. The van der Waals surface area contributed by atoms with Crippen LogP contribution in [0.4, 0.5) is 10.8 Å². The van der Waals surface area contributed by atoms with Crippen molar-refractivity contribution in [3.63, 3.8) is 0 Å². The Hall–Kier alpha value is -3.37. The van der Waals surface area contributed by atoms with Crippen LogP contribution in [-0.2, 0) is 20.9 Å². The van der Waals surface area contributed by atoms with Gasteiger partial charge < -0.3 is 5.32 Å². The number of carbonyl (C=O) groups is 3. The summed E-state index contributed by atoms with van der Waals surface area (Å²) in [7, 11) is 0. The number of thiophene rings is 1. The predicted octanol–water partition coefficient (Wildman–Crippen LogP) is 4.25. The fraction of sp³-hybridized carbons (Fsp3) is 0.261. The molecule has 0 fully saturated rings. The number of hydrogen-bond donors (Lipinski definition) is 2. The van der Waals surface area contributed by atoms with Gasteiger partial charge in [-0.3, -0.25) is 19.7 Å². The maximum Gasteiger partial charge on any atom is 0.273 e. The number of aryl methyl sites for hydroxylation is 2. The Morgan fingerprint density at radius 1 is 1.15 bits per heavy atom. The SMILES string of the molecule is CC(=O)NCc1ccc(-c2csc(NC(=O)C3=NN(c4cc(C)ccc4C)C(=O)CC3)n2)s1. The summed E-state index contributed by atoms with van der Waals surface area (Å²) in [5.41, 5.74) is 3.67. The van der Waals surface area contributed by atoms with Crippen LogP contribution in [0.1, 0.15) is 35.8 Å². The van der Waals surface area contributed by atoms with E-state index in [4.69, 9.17) is 0 Å². The molecule has 1 aliphatic rings. The molecule has 0 bridgehead atoms. The quantitative estimate of drug-likeness (QED) is 0.549. The topological polar surface area (TPSA) is 104 Å². The van der Waals surface area contributed by atoms with Crippen molar-refractivity contribution in [2.24, 2.45) is 5.10 Å². The van der Waals surface area contributed by atoms with E-state index in [0.29, 0.717) is 23.1 Å². The highest BCUT2D eigenvalue weighted by molar-refractivity contribution is 7.17. The maximum atomic E-state index is 12.9. The van der Waals surface area contributed by atoms with Crippen LogP contribution in [0.3, 0.4) is 0 Å². The van der Waals surface area contributed by atoms with Crippen LogP contribution in [0.5, 0.6) is 0 Å². The van der Waals surface area contributed by atoms with E-state index < -0.39 is 0 Å². The normalized spacial score (nSPS) is 13.6. The molecule has 3 aromatic rings. The number of anilines is 2. The van der Waals surface area contributed by atoms with Gasteiger partial charge >= 0.3 is 0 Å². The Kier molecular flexibility index (Phi) is 6.66. The zero-order chi connectivity index (χ0) is 23.5. The lowest BCUT2D eigenvalue weighted by atomic mass is 10.1. The summed E-state index contributed by atoms with van der Waals surface area (Å²) in [5.74, 6) is -0.576. The Labute approximate surface area is 199 Å². The Bertz CT molecular complexity index is 1260. The highest BCUT2D eigenvalue weighted by Crippen LogP contribution is 2.31. The zero-order valence-electron chi connectivity index (χ0n) is 18.5. The minimum atomic E-state index is -0.365. The molecule has 170 valence electrons. The molecule has 8 nitrogen and oxygen atoms in total. The summed E-state index contributed by atoms with van der Waals surface area (Å²) in [4.78, 5) is 42.9. The van der Waals surface area contributed by atoms with E-state index in [1.807, 2.05) is 49.6 Å². The lowest BCUT2D eigenvalue weighted by Crippen LogP contribution is -2.36. The van der Waals surface area contributed by atoms with Crippen molar-refractivity contribution >= 4 is 56.9 Å². The fourth-order valence-electron chi connectivity index (χ4n) is 3.29. The molecule has 4 rings (SSSR count). The van der Waals surface area contributed by atoms with Crippen molar-refractivity contribution < 1.29 is 14.4 Å². The van der Waals surface area contributed by atoms with E-state index >= 15 is 0 Å². The van der Waals surface area contributed by atoms with Gasteiger partial charge in [0.05, 0.1) is 22.8 Å². The molecule has 0 atom stereocenters. The van der Waals surface area contributed by atoms with Crippen molar-refractivity contribution in [3.05, 3.63) is 51.7 Å². The van der Waals surface area contributed by atoms with E-state index in [1.165, 1.54) is 34.6 Å². The van der Waals surface area contributed by atoms with Crippen LogP contribution < -0.4 is 15.6 Å². The number of aromatic nitrogens is 1. The summed E-state index contributed by atoms with van der Waals surface area (Å²) in [6.45, 7) is 5.82. The average molecular weight is 482 g/mol. The van der Waals surface area contributed by atoms with E-state index in [9.17, 15) is 14.4 Å². The average Bonchev–Trinajstić information content (AvgIpc) is 3.44. The third-order valence-electron chi connectivity index (χ3n) is 5.04. The molecule has 10 heteroatoms. The first kappa shape index (κ1) is 22.8. The summed E-state index contributed by atoms with van der Waals surface area (Å²) in [6.07, 6.45) is 0.497. The molecule has 0 saturated heterocycles. The first-order valence-corrected chi connectivity index (χ1v) is 12.1. The summed E-state index contributed by atoms with van der Waals surface area (Å²) >= 11 is 2.86. The molecule has 2 N–H and O–H groups in total. The molecule has 0 radical (unpaired) electrons. The van der Waals surface area contributed by atoms with E-state index in [0.717, 1.165) is 26.6 Å². The molecule has 0 spiro atoms. The van der Waals surface area contributed by atoms with E-state index in [1.54, 1.807) is 0 Å². The van der Waals surface area contributed by atoms with Gasteiger partial charge in [0.25, 0.3) is 5.91 Å². The predicted molar refractivity (Wildman–Crippen MR) is 132 cm³/mol. The highest BCUT2D eigenvalue weighted by atomic mass is 32.1. The molecule has 3 heterocycles. The smallest absolute Gasteiger partial charge is 0.273 e. The van der Waals surface area contributed by atoms with Gasteiger partial charge in [0.1, 0.15) is 5.71 Å². The van der Waals surface area contributed by atoms with Gasteiger partial charge in [0.2, 0.25) is 11.8 Å². The Balaban J connectivity index is 1.47. The number of amides is 3. The van der Waals surface area contributed by atoms with Crippen molar-refractivity contribution in [1.82, 2.24) is 10.3 Å². The molecule has 1 aromatic carbocycles. The maximum absolute atomic E-state index is 12.9. The minimum Gasteiger partial charge on any atom is -0.351 e. The molecular weight excluding hydrogens is 458 g/mol. The summed E-state index contributed by atoms with van der Waals surface area (Å²) < 4.78 is 0. The largest absolute Gasteiger partial charge is 0.351 e. The van der Waals surface area contributed by atoms with Crippen molar-refractivity contribution in [3.8, 4) is 10.6 Å². The van der Waals surface area contributed by atoms with Gasteiger partial charge in [-0.15, -0.1) is 22.7 Å². The van der Waals surface area contributed by atoms with Gasteiger partial charge in [0.15, 0.2) is 5.13 Å². The first-order chi connectivity index (χ1) is 15.8. The number of thiazole rings is 1. The molecule has 0 saturated carbocycles. The summed E-state index contributed by atoms with van der Waals surface area (Å²) in [5, 5.41) is 13.6. The van der Waals surface area contributed by atoms with Crippen molar-refractivity contribution in [2.75, 3.05) is 10.3 Å². The molecule has 0 unspecified atom stereocenters. The van der Waals surface area contributed by atoms with Crippen LogP contribution >= 0.6 is 22.7 Å². The second kappa shape index (κ2) is 9.63. The number of hydrogen-bond acceptors (Lipinski definition) is 7. The Morgan fingerprint density at radius 3 is 2.76 bits per heavy atom. The Morgan fingerprint density at radius 2 is 1.97 bits per heavy atom. The van der Waals surface area contributed by atoms with Crippen LogP contribution in [0.15, 0.2) is 40.8 Å². The molecule has 0 aliphatic carbocycles. The number of nitrogens with zero attached hydrogens (tertiary/aromatic N) is 3. The fourth-order valence-corrected chi connectivity index (χ4v) is 4.98. The van der Waals surface area contributed by atoms with Crippen molar-refractivity contribution in [2.45, 2.75) is 40.2 Å². The monoisotopic (exact) mass is 481 g/mol. The van der Waals surface area contributed by atoms with E-state index in [2.05, 4.69) is 20.7 Å². The van der Waals surface area contributed by atoms with Crippen LogP contribution in [-0.4, -0.2) is 28.4 Å². The van der Waals surface area contributed by atoms with Crippen LogP contribution in [0, 0.1) is 13.8 Å².